The molecular weight excluding hydrogens is 252 g/mol. The first kappa shape index (κ1) is 13.5. The number of sulfonamides is 1. The quantitative estimate of drug-likeness (QED) is 0.827. The molecule has 2 atom stereocenters. The van der Waals surface area contributed by atoms with Crippen molar-refractivity contribution >= 4 is 10.0 Å². The van der Waals surface area contributed by atoms with Crippen molar-refractivity contribution in [3.05, 3.63) is 11.9 Å². The van der Waals surface area contributed by atoms with E-state index in [9.17, 15) is 8.42 Å². The number of nitrogens with one attached hydrogen (secondary N) is 1. The van der Waals surface area contributed by atoms with Crippen molar-refractivity contribution in [2.45, 2.75) is 49.6 Å². The third-order valence-electron chi connectivity index (χ3n) is 3.61. The lowest BCUT2D eigenvalue weighted by molar-refractivity contribution is 0.361. The Hall–Kier alpha value is -0.920. The van der Waals surface area contributed by atoms with E-state index in [0.29, 0.717) is 5.69 Å². The van der Waals surface area contributed by atoms with Crippen LogP contribution in [0.5, 0.6) is 0 Å². The summed E-state index contributed by atoms with van der Waals surface area (Å²) in [6.45, 7) is 1.74. The van der Waals surface area contributed by atoms with Gasteiger partial charge in [-0.3, -0.25) is 4.68 Å². The van der Waals surface area contributed by atoms with Gasteiger partial charge in [0.05, 0.1) is 11.9 Å². The van der Waals surface area contributed by atoms with Gasteiger partial charge < -0.3 is 5.73 Å². The molecule has 0 bridgehead atoms. The summed E-state index contributed by atoms with van der Waals surface area (Å²) in [7, 11) is -1.79. The summed E-state index contributed by atoms with van der Waals surface area (Å²) < 4.78 is 28.8. The van der Waals surface area contributed by atoms with Crippen molar-refractivity contribution in [3.8, 4) is 0 Å². The highest BCUT2D eigenvalue weighted by atomic mass is 32.2. The van der Waals surface area contributed by atoms with Gasteiger partial charge in [-0.1, -0.05) is 12.8 Å². The first-order chi connectivity index (χ1) is 8.42. The van der Waals surface area contributed by atoms with Gasteiger partial charge >= 0.3 is 0 Å². The van der Waals surface area contributed by atoms with E-state index in [2.05, 4.69) is 9.82 Å². The van der Waals surface area contributed by atoms with Crippen molar-refractivity contribution < 1.29 is 8.42 Å². The first-order valence-electron chi connectivity index (χ1n) is 6.18. The SMILES string of the molecule is Cc1c(S(=O)(=O)N[C@@H]2CCCC[C@H]2N)cnn1C. The molecule has 1 fully saturated rings. The molecule has 2 rings (SSSR count). The monoisotopic (exact) mass is 272 g/mol. The maximum Gasteiger partial charge on any atom is 0.244 e. The van der Waals surface area contributed by atoms with Gasteiger partial charge in [0.15, 0.2) is 0 Å². The Morgan fingerprint density at radius 2 is 2.11 bits per heavy atom. The zero-order valence-electron chi connectivity index (χ0n) is 10.8. The summed E-state index contributed by atoms with van der Waals surface area (Å²) in [5.41, 5.74) is 6.59. The molecule has 18 heavy (non-hydrogen) atoms. The molecule has 1 saturated carbocycles. The van der Waals surface area contributed by atoms with E-state index < -0.39 is 10.0 Å². The minimum atomic E-state index is -3.52. The van der Waals surface area contributed by atoms with Crippen LogP contribution in [0.4, 0.5) is 0 Å². The number of hydrogen-bond acceptors (Lipinski definition) is 4. The highest BCUT2D eigenvalue weighted by Crippen LogP contribution is 2.20. The molecule has 0 unspecified atom stereocenters. The predicted molar refractivity (Wildman–Crippen MR) is 68.5 cm³/mol. The van der Waals surface area contributed by atoms with Crippen LogP contribution in [0.25, 0.3) is 0 Å². The number of aryl methyl sites for hydroxylation is 1. The van der Waals surface area contributed by atoms with Gasteiger partial charge in [-0.05, 0) is 19.8 Å². The molecule has 1 aliphatic rings. The van der Waals surface area contributed by atoms with Crippen LogP contribution in [0.1, 0.15) is 31.4 Å². The lowest BCUT2D eigenvalue weighted by Crippen LogP contribution is -2.49. The van der Waals surface area contributed by atoms with Crippen LogP contribution >= 0.6 is 0 Å². The van der Waals surface area contributed by atoms with E-state index in [1.807, 2.05) is 0 Å². The number of rotatable bonds is 3. The zero-order valence-corrected chi connectivity index (χ0v) is 11.6. The van der Waals surface area contributed by atoms with Gasteiger partial charge in [-0.25, -0.2) is 13.1 Å². The van der Waals surface area contributed by atoms with Crippen molar-refractivity contribution in [1.82, 2.24) is 14.5 Å². The van der Waals surface area contributed by atoms with E-state index in [1.54, 1.807) is 18.7 Å². The normalized spacial score (nSPS) is 25.3. The Morgan fingerprint density at radius 1 is 1.44 bits per heavy atom. The standard InChI is InChI=1S/C11H20N4O2S/c1-8-11(7-13-15(8)2)18(16,17)14-10-6-4-3-5-9(10)12/h7,9-10,14H,3-6,12H2,1-2H3/t9-,10-/m1/s1. The summed E-state index contributed by atoms with van der Waals surface area (Å²) in [6, 6.07) is -0.256. The Morgan fingerprint density at radius 3 is 2.67 bits per heavy atom. The first-order valence-corrected chi connectivity index (χ1v) is 7.66. The molecule has 6 nitrogen and oxygen atoms in total. The van der Waals surface area contributed by atoms with Crippen LogP contribution in [-0.4, -0.2) is 30.3 Å². The highest BCUT2D eigenvalue weighted by Gasteiger charge is 2.28. The van der Waals surface area contributed by atoms with E-state index in [1.165, 1.54) is 6.20 Å². The van der Waals surface area contributed by atoms with E-state index in [4.69, 9.17) is 5.73 Å². The summed E-state index contributed by atoms with van der Waals surface area (Å²) in [6.07, 6.45) is 5.16. The van der Waals surface area contributed by atoms with Crippen molar-refractivity contribution in [1.29, 1.82) is 0 Å². The lowest BCUT2D eigenvalue weighted by atomic mass is 9.92. The van der Waals surface area contributed by atoms with Gasteiger partial charge in [-0.15, -0.1) is 0 Å². The zero-order chi connectivity index (χ0) is 13.3. The lowest BCUT2D eigenvalue weighted by Gasteiger charge is -2.28. The predicted octanol–water partition coefficient (Wildman–Crippen LogP) is 0.277. The molecule has 0 saturated heterocycles. The molecule has 1 heterocycles. The van der Waals surface area contributed by atoms with Gasteiger partial charge in [0.1, 0.15) is 4.90 Å². The van der Waals surface area contributed by atoms with E-state index >= 15 is 0 Å². The molecule has 0 aliphatic heterocycles. The molecule has 1 aliphatic carbocycles. The molecule has 1 aromatic heterocycles. The fourth-order valence-electron chi connectivity index (χ4n) is 2.31. The van der Waals surface area contributed by atoms with E-state index in [0.717, 1.165) is 25.7 Å². The average molecular weight is 272 g/mol. The topological polar surface area (TPSA) is 90.0 Å². The van der Waals surface area contributed by atoms with Crippen LogP contribution in [0.3, 0.4) is 0 Å². The van der Waals surface area contributed by atoms with Crippen LogP contribution in [-0.2, 0) is 17.1 Å². The smallest absolute Gasteiger partial charge is 0.244 e. The van der Waals surface area contributed by atoms with Gasteiger partial charge in [0.2, 0.25) is 10.0 Å². The van der Waals surface area contributed by atoms with Gasteiger partial charge in [-0.2, -0.15) is 5.10 Å². The van der Waals surface area contributed by atoms with Gasteiger partial charge in [0, 0.05) is 19.1 Å². The number of nitrogens with two attached hydrogens (primary N) is 1. The van der Waals surface area contributed by atoms with Crippen molar-refractivity contribution in [3.63, 3.8) is 0 Å². The number of aromatic nitrogens is 2. The number of nitrogens with zero attached hydrogens (tertiary/aromatic N) is 2. The Bertz CT molecular complexity index is 523. The van der Waals surface area contributed by atoms with Crippen LogP contribution in [0.15, 0.2) is 11.1 Å². The second-order valence-corrected chi connectivity index (χ2v) is 6.58. The maximum atomic E-state index is 12.3. The fraction of sp³-hybridized carbons (Fsp3) is 0.727. The Kier molecular flexibility index (Phi) is 3.74. The minimum Gasteiger partial charge on any atom is -0.326 e. The summed E-state index contributed by atoms with van der Waals surface area (Å²) in [4.78, 5) is 0.239. The van der Waals surface area contributed by atoms with Crippen LogP contribution in [0, 0.1) is 6.92 Å². The van der Waals surface area contributed by atoms with E-state index in [-0.39, 0.29) is 17.0 Å². The molecule has 1 aromatic rings. The maximum absolute atomic E-state index is 12.3. The summed E-state index contributed by atoms with van der Waals surface area (Å²) in [5.74, 6) is 0. The molecule has 7 heteroatoms. The molecule has 0 spiro atoms. The molecular formula is C11H20N4O2S. The largest absolute Gasteiger partial charge is 0.326 e. The molecule has 0 aromatic carbocycles. The third-order valence-corrected chi connectivity index (χ3v) is 5.20. The minimum absolute atomic E-state index is 0.0921. The molecule has 102 valence electrons. The average Bonchev–Trinajstić information content (AvgIpc) is 2.63. The summed E-state index contributed by atoms with van der Waals surface area (Å²) >= 11 is 0. The fourth-order valence-corrected chi connectivity index (χ4v) is 3.84. The number of hydrogen-bond donors (Lipinski definition) is 2. The second kappa shape index (κ2) is 4.99. The molecule has 0 amide bonds. The highest BCUT2D eigenvalue weighted by molar-refractivity contribution is 7.89. The van der Waals surface area contributed by atoms with Crippen molar-refractivity contribution in [2.24, 2.45) is 12.8 Å². The second-order valence-electron chi connectivity index (χ2n) is 4.89. The Balaban J connectivity index is 2.19. The molecule has 0 radical (unpaired) electrons. The van der Waals surface area contributed by atoms with Crippen LogP contribution in [0.2, 0.25) is 0 Å². The van der Waals surface area contributed by atoms with Gasteiger partial charge in [0.25, 0.3) is 0 Å². The van der Waals surface area contributed by atoms with Crippen molar-refractivity contribution in [2.75, 3.05) is 0 Å². The van der Waals surface area contributed by atoms with Crippen LogP contribution < -0.4 is 10.5 Å². The summed E-state index contributed by atoms with van der Waals surface area (Å²) in [5, 5.41) is 3.96. The Labute approximate surface area is 108 Å². The molecule has 3 N–H and O–H groups in total. The third kappa shape index (κ3) is 2.57.